The van der Waals surface area contributed by atoms with Gasteiger partial charge >= 0.3 is 0 Å². The fourth-order valence-electron chi connectivity index (χ4n) is 2.30. The minimum Gasteiger partial charge on any atom is -0.377 e. The van der Waals surface area contributed by atoms with E-state index >= 15 is 0 Å². The second kappa shape index (κ2) is 6.70. The number of benzene rings is 1. The van der Waals surface area contributed by atoms with E-state index in [-0.39, 0.29) is 6.10 Å². The largest absolute Gasteiger partial charge is 0.377 e. The van der Waals surface area contributed by atoms with Crippen LogP contribution in [-0.2, 0) is 14.8 Å². The summed E-state index contributed by atoms with van der Waals surface area (Å²) in [5.41, 5.74) is 1.17. The van der Waals surface area contributed by atoms with Gasteiger partial charge in [-0.15, -0.1) is 0 Å². The molecule has 2 unspecified atom stereocenters. The van der Waals surface area contributed by atoms with Gasteiger partial charge < -0.3 is 4.74 Å². The molecule has 2 atom stereocenters. The van der Waals surface area contributed by atoms with Crippen LogP contribution in [0.3, 0.4) is 0 Å². The zero-order chi connectivity index (χ0) is 14.6. The van der Waals surface area contributed by atoms with Crippen LogP contribution < -0.4 is 4.72 Å². The number of ether oxygens (including phenoxy) is 1. The Hall–Kier alpha value is -0.910. The molecule has 2 rings (SSSR count). The maximum atomic E-state index is 12.2. The summed E-state index contributed by atoms with van der Waals surface area (Å²) in [6.45, 7) is 5.35. The summed E-state index contributed by atoms with van der Waals surface area (Å²) < 4.78 is 32.4. The fourth-order valence-corrected chi connectivity index (χ4v) is 3.37. The number of nitrogens with one attached hydrogen (secondary N) is 1. The average molecular weight is 297 g/mol. The van der Waals surface area contributed by atoms with E-state index in [1.165, 1.54) is 5.56 Å². The molecule has 0 radical (unpaired) electrons. The van der Waals surface area contributed by atoms with Crippen LogP contribution in [0, 0.1) is 0 Å². The van der Waals surface area contributed by atoms with Crippen LogP contribution >= 0.6 is 0 Å². The minimum atomic E-state index is -3.43. The lowest BCUT2D eigenvalue weighted by Gasteiger charge is -2.13. The molecule has 1 N–H and O–H groups in total. The highest BCUT2D eigenvalue weighted by molar-refractivity contribution is 7.89. The molecule has 1 aliphatic heterocycles. The van der Waals surface area contributed by atoms with Crippen LogP contribution in [0.5, 0.6) is 0 Å². The van der Waals surface area contributed by atoms with Crippen LogP contribution in [-0.4, -0.2) is 27.7 Å². The van der Waals surface area contributed by atoms with Gasteiger partial charge in [-0.25, -0.2) is 13.1 Å². The predicted molar refractivity (Wildman–Crippen MR) is 79.3 cm³/mol. The van der Waals surface area contributed by atoms with Gasteiger partial charge in [0, 0.05) is 13.2 Å². The van der Waals surface area contributed by atoms with E-state index in [4.69, 9.17) is 4.74 Å². The Labute approximate surface area is 121 Å². The van der Waals surface area contributed by atoms with E-state index in [0.717, 1.165) is 25.9 Å². The molecule has 0 aliphatic carbocycles. The molecule has 1 heterocycles. The summed E-state index contributed by atoms with van der Waals surface area (Å²) in [7, 11) is -3.43. The van der Waals surface area contributed by atoms with Crippen molar-refractivity contribution < 1.29 is 13.2 Å². The summed E-state index contributed by atoms with van der Waals surface area (Å²) in [5, 5.41) is 0. The molecule has 112 valence electrons. The van der Waals surface area contributed by atoms with Gasteiger partial charge in [0.15, 0.2) is 0 Å². The third-order valence-corrected chi connectivity index (χ3v) is 5.34. The highest BCUT2D eigenvalue weighted by Gasteiger charge is 2.20. The lowest BCUT2D eigenvalue weighted by atomic mass is 9.99. The van der Waals surface area contributed by atoms with E-state index in [1.54, 1.807) is 12.1 Å². The van der Waals surface area contributed by atoms with E-state index in [9.17, 15) is 8.42 Å². The highest BCUT2D eigenvalue weighted by Crippen LogP contribution is 2.20. The fraction of sp³-hybridized carbons (Fsp3) is 0.600. The lowest BCUT2D eigenvalue weighted by molar-refractivity contribution is 0.114. The van der Waals surface area contributed by atoms with E-state index in [0.29, 0.717) is 17.4 Å². The first-order chi connectivity index (χ1) is 9.53. The van der Waals surface area contributed by atoms with Crippen LogP contribution in [0.2, 0.25) is 0 Å². The molecule has 1 aromatic rings. The van der Waals surface area contributed by atoms with E-state index in [1.807, 2.05) is 12.1 Å². The van der Waals surface area contributed by atoms with Crippen LogP contribution in [0.15, 0.2) is 29.2 Å². The maximum absolute atomic E-state index is 12.2. The van der Waals surface area contributed by atoms with Crippen molar-refractivity contribution in [2.75, 3.05) is 13.2 Å². The maximum Gasteiger partial charge on any atom is 0.240 e. The first-order valence-electron chi connectivity index (χ1n) is 7.24. The van der Waals surface area contributed by atoms with Crippen LogP contribution in [0.4, 0.5) is 0 Å². The first kappa shape index (κ1) is 15.5. The molecular formula is C15H23NO3S. The van der Waals surface area contributed by atoms with Crippen molar-refractivity contribution in [3.8, 4) is 0 Å². The molecular weight excluding hydrogens is 274 g/mol. The second-order valence-corrected chi connectivity index (χ2v) is 7.13. The number of hydrogen-bond donors (Lipinski definition) is 1. The zero-order valence-electron chi connectivity index (χ0n) is 12.1. The molecule has 0 saturated carbocycles. The molecule has 4 nitrogen and oxygen atoms in total. The Morgan fingerprint density at radius 1 is 1.35 bits per heavy atom. The minimum absolute atomic E-state index is 0.0177. The van der Waals surface area contributed by atoms with Gasteiger partial charge in [0.05, 0.1) is 11.0 Å². The van der Waals surface area contributed by atoms with Crippen molar-refractivity contribution in [3.05, 3.63) is 29.8 Å². The van der Waals surface area contributed by atoms with Crippen molar-refractivity contribution in [1.82, 2.24) is 4.72 Å². The van der Waals surface area contributed by atoms with Gasteiger partial charge in [-0.2, -0.15) is 0 Å². The van der Waals surface area contributed by atoms with Crippen molar-refractivity contribution in [1.29, 1.82) is 0 Å². The summed E-state index contributed by atoms with van der Waals surface area (Å²) in [6.07, 6.45) is 3.00. The molecule has 1 fully saturated rings. The third kappa shape index (κ3) is 3.81. The van der Waals surface area contributed by atoms with Crippen molar-refractivity contribution >= 4 is 10.0 Å². The van der Waals surface area contributed by atoms with Crippen LogP contribution in [0.1, 0.15) is 44.6 Å². The Balaban J connectivity index is 2.01. The number of sulfonamides is 1. The summed E-state index contributed by atoms with van der Waals surface area (Å²) in [4.78, 5) is 0.322. The summed E-state index contributed by atoms with van der Waals surface area (Å²) in [5.74, 6) is 0.451. The highest BCUT2D eigenvalue weighted by atomic mass is 32.2. The van der Waals surface area contributed by atoms with E-state index in [2.05, 4.69) is 18.6 Å². The summed E-state index contributed by atoms with van der Waals surface area (Å²) >= 11 is 0. The normalized spacial score (nSPS) is 21.0. The smallest absolute Gasteiger partial charge is 0.240 e. The van der Waals surface area contributed by atoms with Gasteiger partial charge in [0.1, 0.15) is 0 Å². The topological polar surface area (TPSA) is 55.4 Å². The Kier molecular flexibility index (Phi) is 5.18. The summed E-state index contributed by atoms with van der Waals surface area (Å²) in [6, 6.07) is 7.16. The molecule has 1 saturated heterocycles. The zero-order valence-corrected chi connectivity index (χ0v) is 12.9. The number of hydrogen-bond acceptors (Lipinski definition) is 3. The predicted octanol–water partition coefficient (Wildman–Crippen LogP) is 2.66. The molecule has 0 bridgehead atoms. The van der Waals surface area contributed by atoms with Crippen molar-refractivity contribution in [2.24, 2.45) is 0 Å². The van der Waals surface area contributed by atoms with Crippen LogP contribution in [0.25, 0.3) is 0 Å². The monoisotopic (exact) mass is 297 g/mol. The quantitative estimate of drug-likeness (QED) is 0.878. The second-order valence-electron chi connectivity index (χ2n) is 5.37. The molecule has 1 aromatic carbocycles. The van der Waals surface area contributed by atoms with Gasteiger partial charge in [0.25, 0.3) is 0 Å². The standard InChI is InChI=1S/C15H23NO3S/c1-3-12(2)13-6-8-15(9-7-13)20(17,18)16-11-14-5-4-10-19-14/h6-9,12,14,16H,3-5,10-11H2,1-2H3. The molecule has 20 heavy (non-hydrogen) atoms. The lowest BCUT2D eigenvalue weighted by Crippen LogP contribution is -2.31. The number of rotatable bonds is 6. The van der Waals surface area contributed by atoms with Gasteiger partial charge in [-0.05, 0) is 42.9 Å². The van der Waals surface area contributed by atoms with Gasteiger partial charge in [-0.1, -0.05) is 26.0 Å². The van der Waals surface area contributed by atoms with Gasteiger partial charge in [0.2, 0.25) is 10.0 Å². The first-order valence-corrected chi connectivity index (χ1v) is 8.72. The molecule has 0 amide bonds. The molecule has 0 aromatic heterocycles. The Bertz CT molecular complexity index is 519. The Morgan fingerprint density at radius 2 is 2.05 bits per heavy atom. The SMILES string of the molecule is CCC(C)c1ccc(S(=O)(=O)NCC2CCCO2)cc1. The third-order valence-electron chi connectivity index (χ3n) is 3.90. The average Bonchev–Trinajstić information content (AvgIpc) is 2.98. The Morgan fingerprint density at radius 3 is 2.60 bits per heavy atom. The molecule has 5 heteroatoms. The van der Waals surface area contributed by atoms with Gasteiger partial charge in [-0.3, -0.25) is 0 Å². The molecule has 1 aliphatic rings. The van der Waals surface area contributed by atoms with E-state index < -0.39 is 10.0 Å². The molecule has 0 spiro atoms. The van der Waals surface area contributed by atoms with Crippen molar-refractivity contribution in [2.45, 2.75) is 50.0 Å². The van der Waals surface area contributed by atoms with Crippen molar-refractivity contribution in [3.63, 3.8) is 0 Å².